The van der Waals surface area contributed by atoms with Crippen LogP contribution < -0.4 is 0 Å². The molecule has 0 aromatic carbocycles. The van der Waals surface area contributed by atoms with Crippen LogP contribution in [0, 0.1) is 11.3 Å². The third-order valence-electron chi connectivity index (χ3n) is 1.96. The van der Waals surface area contributed by atoms with Crippen molar-refractivity contribution < 1.29 is 14.3 Å². The molecule has 0 atom stereocenters. The summed E-state index contributed by atoms with van der Waals surface area (Å²) in [4.78, 5) is 10.9. The van der Waals surface area contributed by atoms with Gasteiger partial charge in [0.15, 0.2) is 0 Å². The normalized spacial score (nSPS) is 10.4. The molecule has 0 N–H and O–H groups in total. The second-order valence-electron chi connectivity index (χ2n) is 3.16. The Labute approximate surface area is 84.8 Å². The second-order valence-corrected chi connectivity index (χ2v) is 3.16. The van der Waals surface area contributed by atoms with Crippen LogP contribution in [0.5, 0.6) is 0 Å². The van der Waals surface area contributed by atoms with Crippen LogP contribution in [0.15, 0.2) is 0 Å². The minimum absolute atomic E-state index is 0.548. The van der Waals surface area contributed by atoms with E-state index in [1.165, 1.54) is 7.11 Å². The molecule has 80 valence electrons. The Hall–Kier alpha value is -1.24. The molecule has 0 aliphatic rings. The molecule has 0 bridgehead atoms. The summed E-state index contributed by atoms with van der Waals surface area (Å²) < 4.78 is 9.38. The van der Waals surface area contributed by atoms with Crippen molar-refractivity contribution in [2.75, 3.05) is 7.11 Å². The van der Waals surface area contributed by atoms with Crippen LogP contribution in [0.2, 0.25) is 0 Å². The van der Waals surface area contributed by atoms with E-state index in [4.69, 9.17) is 10.00 Å². The molecular formula is C10H17NO3. The first kappa shape index (κ1) is 12.8. The molecule has 0 aliphatic carbocycles. The van der Waals surface area contributed by atoms with Crippen molar-refractivity contribution in [3.8, 4) is 6.07 Å². The SMILES string of the molecule is CCCC(C#N)(CCC)OC(=O)OC. The van der Waals surface area contributed by atoms with Gasteiger partial charge in [-0.2, -0.15) is 5.26 Å². The number of ether oxygens (including phenoxy) is 2. The Morgan fingerprint density at radius 3 is 2.14 bits per heavy atom. The lowest BCUT2D eigenvalue weighted by atomic mass is 9.94. The molecular weight excluding hydrogens is 182 g/mol. The minimum atomic E-state index is -1.00. The van der Waals surface area contributed by atoms with Gasteiger partial charge in [0.25, 0.3) is 0 Å². The topological polar surface area (TPSA) is 59.3 Å². The quantitative estimate of drug-likeness (QED) is 0.638. The number of rotatable bonds is 5. The van der Waals surface area contributed by atoms with Gasteiger partial charge in [0, 0.05) is 12.8 Å². The maximum Gasteiger partial charge on any atom is 0.509 e. The highest BCUT2D eigenvalue weighted by Gasteiger charge is 2.33. The number of hydrogen-bond donors (Lipinski definition) is 0. The van der Waals surface area contributed by atoms with E-state index in [9.17, 15) is 4.79 Å². The van der Waals surface area contributed by atoms with Crippen molar-refractivity contribution >= 4 is 6.16 Å². The zero-order valence-corrected chi connectivity index (χ0v) is 9.00. The average Bonchev–Trinajstić information content (AvgIpc) is 2.18. The second kappa shape index (κ2) is 6.25. The van der Waals surface area contributed by atoms with Crippen molar-refractivity contribution in [2.24, 2.45) is 0 Å². The minimum Gasteiger partial charge on any atom is -0.438 e. The van der Waals surface area contributed by atoms with Crippen LogP contribution in [0.1, 0.15) is 39.5 Å². The fraction of sp³-hybridized carbons (Fsp3) is 0.800. The van der Waals surface area contributed by atoms with Crippen LogP contribution in [-0.4, -0.2) is 18.9 Å². The molecule has 0 aromatic rings. The highest BCUT2D eigenvalue weighted by atomic mass is 16.7. The molecule has 0 rings (SSSR count). The van der Waals surface area contributed by atoms with E-state index >= 15 is 0 Å². The summed E-state index contributed by atoms with van der Waals surface area (Å²) in [5, 5.41) is 9.00. The van der Waals surface area contributed by atoms with Crippen LogP contribution >= 0.6 is 0 Å². The van der Waals surface area contributed by atoms with Gasteiger partial charge >= 0.3 is 6.16 Å². The van der Waals surface area contributed by atoms with E-state index in [1.807, 2.05) is 13.8 Å². The van der Waals surface area contributed by atoms with E-state index in [2.05, 4.69) is 10.8 Å². The largest absolute Gasteiger partial charge is 0.509 e. The zero-order chi connectivity index (χ0) is 11.0. The first-order valence-corrected chi connectivity index (χ1v) is 4.82. The third-order valence-corrected chi connectivity index (χ3v) is 1.96. The van der Waals surface area contributed by atoms with Crippen molar-refractivity contribution in [3.63, 3.8) is 0 Å². The smallest absolute Gasteiger partial charge is 0.438 e. The van der Waals surface area contributed by atoms with Gasteiger partial charge in [-0.25, -0.2) is 4.79 Å². The lowest BCUT2D eigenvalue weighted by Gasteiger charge is -2.24. The van der Waals surface area contributed by atoms with Gasteiger partial charge in [0.2, 0.25) is 5.60 Å². The van der Waals surface area contributed by atoms with E-state index in [-0.39, 0.29) is 0 Å². The number of carbonyl (C=O) groups is 1. The van der Waals surface area contributed by atoms with Crippen LogP contribution in [0.3, 0.4) is 0 Å². The Balaban J connectivity index is 4.50. The van der Waals surface area contributed by atoms with Gasteiger partial charge in [-0.1, -0.05) is 26.7 Å². The third kappa shape index (κ3) is 3.65. The number of methoxy groups -OCH3 is 1. The molecule has 0 spiro atoms. The summed E-state index contributed by atoms with van der Waals surface area (Å²) >= 11 is 0. The van der Waals surface area contributed by atoms with Gasteiger partial charge in [0.1, 0.15) is 6.07 Å². The molecule has 0 aliphatic heterocycles. The summed E-state index contributed by atoms with van der Waals surface area (Å²) in [5.41, 5.74) is -1.00. The van der Waals surface area contributed by atoms with Crippen molar-refractivity contribution in [1.29, 1.82) is 5.26 Å². The van der Waals surface area contributed by atoms with Gasteiger partial charge in [0.05, 0.1) is 7.11 Å². The maximum absolute atomic E-state index is 10.9. The maximum atomic E-state index is 10.9. The number of nitriles is 1. The lowest BCUT2D eigenvalue weighted by Crippen LogP contribution is -2.33. The first-order valence-electron chi connectivity index (χ1n) is 4.82. The average molecular weight is 199 g/mol. The van der Waals surface area contributed by atoms with Gasteiger partial charge in [-0.15, -0.1) is 0 Å². The Bertz CT molecular complexity index is 214. The van der Waals surface area contributed by atoms with Crippen molar-refractivity contribution in [1.82, 2.24) is 0 Å². The van der Waals surface area contributed by atoms with Gasteiger partial charge in [-0.05, 0) is 0 Å². The summed E-state index contributed by atoms with van der Waals surface area (Å²) in [6, 6.07) is 2.06. The fourth-order valence-corrected chi connectivity index (χ4v) is 1.37. The number of carbonyl (C=O) groups excluding carboxylic acids is 1. The molecule has 0 saturated carbocycles. The lowest BCUT2D eigenvalue weighted by molar-refractivity contribution is -0.00574. The standard InChI is InChI=1S/C10H17NO3/c1-4-6-10(8-11,7-5-2)14-9(12)13-3/h4-7H2,1-3H3. The molecule has 0 heterocycles. The van der Waals surface area contributed by atoms with Crippen LogP contribution in [0.4, 0.5) is 4.79 Å². The molecule has 14 heavy (non-hydrogen) atoms. The molecule has 0 amide bonds. The molecule has 0 unspecified atom stereocenters. The van der Waals surface area contributed by atoms with Crippen LogP contribution in [-0.2, 0) is 9.47 Å². The van der Waals surface area contributed by atoms with Crippen LogP contribution in [0.25, 0.3) is 0 Å². The summed E-state index contributed by atoms with van der Waals surface area (Å²) in [6.45, 7) is 3.89. The summed E-state index contributed by atoms with van der Waals surface area (Å²) in [5.74, 6) is 0. The molecule has 0 fully saturated rings. The molecule has 0 radical (unpaired) electrons. The summed E-state index contributed by atoms with van der Waals surface area (Å²) in [7, 11) is 1.24. The molecule has 4 heteroatoms. The first-order chi connectivity index (χ1) is 6.64. The van der Waals surface area contributed by atoms with E-state index in [0.717, 1.165) is 12.8 Å². The Morgan fingerprint density at radius 2 is 1.86 bits per heavy atom. The predicted octanol–water partition coefficient (Wildman–Crippen LogP) is 2.63. The van der Waals surface area contributed by atoms with Gasteiger partial charge < -0.3 is 9.47 Å². The summed E-state index contributed by atoms with van der Waals surface area (Å²) in [6.07, 6.45) is 1.90. The predicted molar refractivity (Wildman–Crippen MR) is 51.7 cm³/mol. The Morgan fingerprint density at radius 1 is 1.36 bits per heavy atom. The van der Waals surface area contributed by atoms with Crippen molar-refractivity contribution in [2.45, 2.75) is 45.1 Å². The van der Waals surface area contributed by atoms with Crippen molar-refractivity contribution in [3.05, 3.63) is 0 Å². The fourth-order valence-electron chi connectivity index (χ4n) is 1.37. The monoisotopic (exact) mass is 199 g/mol. The van der Waals surface area contributed by atoms with E-state index < -0.39 is 11.8 Å². The Kier molecular flexibility index (Phi) is 5.70. The molecule has 4 nitrogen and oxygen atoms in total. The molecule has 0 aromatic heterocycles. The van der Waals surface area contributed by atoms with Gasteiger partial charge in [-0.3, -0.25) is 0 Å². The highest BCUT2D eigenvalue weighted by Crippen LogP contribution is 2.24. The number of nitrogens with zero attached hydrogens (tertiary/aromatic N) is 1. The van der Waals surface area contributed by atoms with E-state index in [0.29, 0.717) is 12.8 Å². The van der Waals surface area contributed by atoms with E-state index in [1.54, 1.807) is 0 Å². The molecule has 0 saturated heterocycles. The number of hydrogen-bond acceptors (Lipinski definition) is 4. The zero-order valence-electron chi connectivity index (χ0n) is 9.00. The highest BCUT2D eigenvalue weighted by molar-refractivity contribution is 5.60.